The topological polar surface area (TPSA) is 0 Å². The van der Waals surface area contributed by atoms with E-state index in [1.54, 1.807) is 0 Å². The molecule has 0 aromatic carbocycles. The van der Waals surface area contributed by atoms with Gasteiger partial charge in [0.15, 0.2) is 0 Å². The van der Waals surface area contributed by atoms with Crippen LogP contribution in [0.25, 0.3) is 0 Å². The molecule has 0 amide bonds. The Morgan fingerprint density at radius 1 is 1.22 bits per heavy atom. The van der Waals surface area contributed by atoms with Gasteiger partial charge in [0.1, 0.15) is 0 Å². The number of likely N-dealkylation sites (N-methyl/N-ethyl adjacent to an activating group) is 1. The average molecular weight is 128 g/mol. The highest BCUT2D eigenvalue weighted by atomic mass is 15.3. The van der Waals surface area contributed by atoms with Crippen molar-refractivity contribution in [3.05, 3.63) is 25.3 Å². The summed E-state index contributed by atoms with van der Waals surface area (Å²) in [5.41, 5.74) is 0. The Morgan fingerprint density at radius 3 is 1.78 bits per heavy atom. The van der Waals surface area contributed by atoms with Crippen LogP contribution >= 0.6 is 0 Å². The van der Waals surface area contributed by atoms with Crippen molar-refractivity contribution in [2.24, 2.45) is 0 Å². The smallest absolute Gasteiger partial charge is 0.0969 e. The molecule has 54 valence electrons. The second kappa shape index (κ2) is 3.46. The predicted molar refractivity (Wildman–Crippen MR) is 44.4 cm³/mol. The summed E-state index contributed by atoms with van der Waals surface area (Å²) in [6.07, 6.45) is 3.87. The SMILES string of the molecule is C=CC[N+](C)(C)CC=C.[HH]. The minimum atomic E-state index is 0. The van der Waals surface area contributed by atoms with Gasteiger partial charge in [0, 0.05) is 1.43 Å². The molecule has 1 heteroatoms. The molecule has 9 heavy (non-hydrogen) atoms. The number of hydrogen-bond acceptors (Lipinski definition) is 0. The van der Waals surface area contributed by atoms with Gasteiger partial charge in [-0.1, -0.05) is 13.2 Å². The fourth-order valence-corrected chi connectivity index (χ4v) is 0.774. The van der Waals surface area contributed by atoms with Gasteiger partial charge < -0.3 is 4.48 Å². The molecule has 0 aliphatic rings. The van der Waals surface area contributed by atoms with Crippen molar-refractivity contribution in [1.82, 2.24) is 0 Å². The summed E-state index contributed by atoms with van der Waals surface area (Å²) in [4.78, 5) is 0. The molecular weight excluding hydrogens is 110 g/mol. The minimum absolute atomic E-state index is 0. The van der Waals surface area contributed by atoms with Gasteiger partial charge in [0.25, 0.3) is 0 Å². The fourth-order valence-electron chi connectivity index (χ4n) is 0.774. The van der Waals surface area contributed by atoms with Crippen LogP contribution in [0.2, 0.25) is 0 Å². The molecule has 0 rings (SSSR count). The molecule has 0 aliphatic carbocycles. The van der Waals surface area contributed by atoms with Crippen LogP contribution in [0.3, 0.4) is 0 Å². The third-order valence-corrected chi connectivity index (χ3v) is 1.25. The van der Waals surface area contributed by atoms with Gasteiger partial charge in [-0.15, -0.1) is 0 Å². The molecule has 0 aromatic rings. The largest absolute Gasteiger partial charge is 0.322 e. The van der Waals surface area contributed by atoms with Crippen molar-refractivity contribution in [3.63, 3.8) is 0 Å². The van der Waals surface area contributed by atoms with Gasteiger partial charge in [-0.05, 0) is 12.2 Å². The van der Waals surface area contributed by atoms with Crippen LogP contribution in [-0.2, 0) is 0 Å². The summed E-state index contributed by atoms with van der Waals surface area (Å²) in [7, 11) is 4.31. The van der Waals surface area contributed by atoms with E-state index in [9.17, 15) is 0 Å². The zero-order valence-electron chi connectivity index (χ0n) is 6.43. The first-order chi connectivity index (χ1) is 4.12. The van der Waals surface area contributed by atoms with Crippen LogP contribution in [0.5, 0.6) is 0 Å². The lowest BCUT2D eigenvalue weighted by molar-refractivity contribution is -0.878. The highest BCUT2D eigenvalue weighted by Crippen LogP contribution is 1.95. The van der Waals surface area contributed by atoms with E-state index in [1.165, 1.54) is 0 Å². The van der Waals surface area contributed by atoms with Gasteiger partial charge in [0.2, 0.25) is 0 Å². The molecule has 0 saturated heterocycles. The van der Waals surface area contributed by atoms with Crippen LogP contribution in [0.1, 0.15) is 1.43 Å². The van der Waals surface area contributed by atoms with Crippen molar-refractivity contribution < 1.29 is 5.91 Å². The zero-order valence-corrected chi connectivity index (χ0v) is 6.43. The maximum atomic E-state index is 3.68. The first-order valence-electron chi connectivity index (χ1n) is 3.16. The number of rotatable bonds is 4. The second-order valence-corrected chi connectivity index (χ2v) is 2.88. The first-order valence-corrected chi connectivity index (χ1v) is 3.16. The summed E-state index contributed by atoms with van der Waals surface area (Å²) in [5, 5.41) is 0. The molecule has 0 aromatic heterocycles. The molecule has 0 unspecified atom stereocenters. The predicted octanol–water partition coefficient (Wildman–Crippen LogP) is 1.68. The van der Waals surface area contributed by atoms with Gasteiger partial charge in [-0.2, -0.15) is 0 Å². The van der Waals surface area contributed by atoms with Crippen molar-refractivity contribution in [2.45, 2.75) is 0 Å². The minimum Gasteiger partial charge on any atom is -0.322 e. The van der Waals surface area contributed by atoms with E-state index in [-0.39, 0.29) is 1.43 Å². The number of hydrogen-bond donors (Lipinski definition) is 0. The molecule has 0 spiro atoms. The lowest BCUT2D eigenvalue weighted by Crippen LogP contribution is -2.39. The molecule has 0 heterocycles. The maximum Gasteiger partial charge on any atom is 0.0969 e. The third-order valence-electron chi connectivity index (χ3n) is 1.25. The molecule has 0 bridgehead atoms. The Bertz CT molecular complexity index is 95.8. The van der Waals surface area contributed by atoms with Crippen molar-refractivity contribution in [3.8, 4) is 0 Å². The fraction of sp³-hybridized carbons (Fsp3) is 0.500. The first kappa shape index (κ1) is 8.44. The van der Waals surface area contributed by atoms with Crippen LogP contribution in [-0.4, -0.2) is 31.7 Å². The normalized spacial score (nSPS) is 10.9. The highest BCUT2D eigenvalue weighted by molar-refractivity contribution is 4.69. The van der Waals surface area contributed by atoms with Gasteiger partial charge in [-0.3, -0.25) is 0 Å². The van der Waals surface area contributed by atoms with Crippen LogP contribution < -0.4 is 0 Å². The molecule has 0 aliphatic heterocycles. The monoisotopic (exact) mass is 128 g/mol. The van der Waals surface area contributed by atoms with E-state index in [4.69, 9.17) is 0 Å². The molecule has 0 radical (unpaired) electrons. The Labute approximate surface area is 59.4 Å². The summed E-state index contributed by atoms with van der Waals surface area (Å²) in [6, 6.07) is 0. The maximum absolute atomic E-state index is 3.68. The second-order valence-electron chi connectivity index (χ2n) is 2.88. The zero-order chi connectivity index (χ0) is 7.33. The van der Waals surface area contributed by atoms with E-state index in [2.05, 4.69) is 27.3 Å². The lowest BCUT2D eigenvalue weighted by atomic mass is 10.4. The van der Waals surface area contributed by atoms with Crippen LogP contribution in [0, 0.1) is 0 Å². The van der Waals surface area contributed by atoms with Crippen molar-refractivity contribution >= 4 is 0 Å². The molecule has 0 fully saturated rings. The summed E-state index contributed by atoms with van der Waals surface area (Å²) >= 11 is 0. The summed E-state index contributed by atoms with van der Waals surface area (Å²) in [5.74, 6) is 0. The molecule has 0 saturated carbocycles. The molecule has 0 atom stereocenters. The molecule has 1 nitrogen and oxygen atoms in total. The van der Waals surface area contributed by atoms with Gasteiger partial charge in [-0.25, -0.2) is 0 Å². The molecule has 0 N–H and O–H groups in total. The third kappa shape index (κ3) is 3.98. The lowest BCUT2D eigenvalue weighted by Gasteiger charge is -2.26. The Kier molecular flexibility index (Phi) is 3.25. The summed E-state index contributed by atoms with van der Waals surface area (Å²) in [6.45, 7) is 9.37. The Morgan fingerprint density at radius 2 is 1.56 bits per heavy atom. The summed E-state index contributed by atoms with van der Waals surface area (Å²) < 4.78 is 0.951. The van der Waals surface area contributed by atoms with Crippen molar-refractivity contribution in [2.75, 3.05) is 27.2 Å². The van der Waals surface area contributed by atoms with Crippen molar-refractivity contribution in [1.29, 1.82) is 0 Å². The highest BCUT2D eigenvalue weighted by Gasteiger charge is 2.07. The van der Waals surface area contributed by atoms with Crippen LogP contribution in [0.15, 0.2) is 25.3 Å². The van der Waals surface area contributed by atoms with Crippen LogP contribution in [0.4, 0.5) is 0 Å². The van der Waals surface area contributed by atoms with E-state index in [1.807, 2.05) is 12.2 Å². The molecular formula is C8H18N+. The Balaban J connectivity index is 0. The van der Waals surface area contributed by atoms with Gasteiger partial charge in [0.05, 0.1) is 27.2 Å². The van der Waals surface area contributed by atoms with E-state index in [0.717, 1.165) is 17.6 Å². The quantitative estimate of drug-likeness (QED) is 0.399. The number of quaternary nitrogens is 1. The van der Waals surface area contributed by atoms with E-state index < -0.39 is 0 Å². The van der Waals surface area contributed by atoms with E-state index >= 15 is 0 Å². The average Bonchev–Trinajstić information content (AvgIpc) is 1.64. The van der Waals surface area contributed by atoms with E-state index in [0.29, 0.717) is 0 Å². The Hall–Kier alpha value is -0.560. The van der Waals surface area contributed by atoms with Gasteiger partial charge >= 0.3 is 0 Å². The standard InChI is InChI=1S/C8H16N.H2/c1-5-7-9(3,4)8-6-2;/h5-6H,1-2,7-8H2,3-4H3;1H/q+1;. The number of nitrogens with zero attached hydrogens (tertiary/aromatic N) is 1.